The molecule has 2 fully saturated rings. The molecule has 1 aromatic heterocycles. The molecule has 2 aliphatic rings. The number of nitriles is 1. The van der Waals surface area contributed by atoms with Crippen molar-refractivity contribution in [3.63, 3.8) is 0 Å². The summed E-state index contributed by atoms with van der Waals surface area (Å²) in [5.41, 5.74) is 5.00. The number of primary amides is 1. The number of nitrogens with zero attached hydrogens (tertiary/aromatic N) is 2. The average Bonchev–Trinajstić information content (AvgIpc) is 3.46. The van der Waals surface area contributed by atoms with Gasteiger partial charge in [0.05, 0.1) is 19.1 Å². The molecule has 1 aromatic carbocycles. The molecule has 2 aromatic rings. The Morgan fingerprint density at radius 3 is 2.76 bits per heavy atom. The minimum Gasteiger partial charge on any atom is -0.496 e. The summed E-state index contributed by atoms with van der Waals surface area (Å²) in [6, 6.07) is 9.37. The van der Waals surface area contributed by atoms with Gasteiger partial charge in [-0.3, -0.25) is 14.4 Å². The molecule has 2 aliphatic heterocycles. The van der Waals surface area contributed by atoms with Gasteiger partial charge in [-0.2, -0.15) is 5.26 Å². The van der Waals surface area contributed by atoms with Crippen LogP contribution in [0.1, 0.15) is 43.6 Å². The summed E-state index contributed by atoms with van der Waals surface area (Å²) in [5, 5.41) is 13.6. The number of methoxy groups -OCH3 is 1. The lowest BCUT2D eigenvalue weighted by Gasteiger charge is -2.39. The zero-order valence-corrected chi connectivity index (χ0v) is 19.1. The maximum absolute atomic E-state index is 13.8. The maximum Gasteiger partial charge on any atom is 0.271 e. The van der Waals surface area contributed by atoms with Crippen molar-refractivity contribution in [2.24, 2.45) is 23.0 Å². The highest BCUT2D eigenvalue weighted by Gasteiger charge is 2.60. The lowest BCUT2D eigenvalue weighted by atomic mass is 9.72. The molecule has 4 rings (SSSR count). The Morgan fingerprint density at radius 1 is 1.39 bits per heavy atom. The van der Waals surface area contributed by atoms with Crippen molar-refractivity contribution in [1.82, 2.24) is 15.2 Å². The van der Waals surface area contributed by atoms with Crippen LogP contribution in [0.5, 0.6) is 5.75 Å². The zero-order valence-electron chi connectivity index (χ0n) is 19.1. The first-order valence-electron chi connectivity index (χ1n) is 11.1. The third-order valence-corrected chi connectivity index (χ3v) is 6.98. The van der Waals surface area contributed by atoms with Crippen LogP contribution in [0.2, 0.25) is 0 Å². The Hall–Kier alpha value is -3.54. The van der Waals surface area contributed by atoms with Gasteiger partial charge in [-0.1, -0.05) is 19.9 Å². The first kappa shape index (κ1) is 22.6. The van der Waals surface area contributed by atoms with E-state index in [1.165, 1.54) is 4.90 Å². The number of H-pyrrole nitrogens is 1. The number of fused-ring (bicyclic) bond motifs is 1. The second-order valence-corrected chi connectivity index (χ2v) is 9.82. The SMILES string of the molecule is COc1cccc2[nH]c(C(=O)N3CC(C)(C)CC3(C(N)=O)[C@@H](C#N)C[C@H]3CCNC3=O)cc12. The number of carbonyl (C=O) groups excluding carboxylic acids is 3. The molecule has 33 heavy (non-hydrogen) atoms. The van der Waals surface area contributed by atoms with Gasteiger partial charge in [0.15, 0.2) is 0 Å². The molecular formula is C24H29N5O4. The van der Waals surface area contributed by atoms with Crippen molar-refractivity contribution in [3.8, 4) is 11.8 Å². The summed E-state index contributed by atoms with van der Waals surface area (Å²) in [6.07, 6.45) is 1.01. The van der Waals surface area contributed by atoms with Crippen molar-refractivity contribution >= 4 is 28.6 Å². The maximum atomic E-state index is 13.8. The van der Waals surface area contributed by atoms with E-state index in [9.17, 15) is 19.6 Å². The first-order chi connectivity index (χ1) is 15.6. The largest absolute Gasteiger partial charge is 0.496 e. The van der Waals surface area contributed by atoms with Crippen molar-refractivity contribution in [2.45, 2.75) is 38.6 Å². The molecule has 3 heterocycles. The minimum absolute atomic E-state index is 0.132. The predicted molar refractivity (Wildman–Crippen MR) is 121 cm³/mol. The van der Waals surface area contributed by atoms with Crippen LogP contribution in [-0.4, -0.2) is 53.3 Å². The molecule has 0 saturated carbocycles. The molecule has 3 atom stereocenters. The van der Waals surface area contributed by atoms with Crippen LogP contribution in [0.25, 0.3) is 10.9 Å². The van der Waals surface area contributed by atoms with E-state index in [0.29, 0.717) is 18.7 Å². The van der Waals surface area contributed by atoms with Gasteiger partial charge in [-0.15, -0.1) is 0 Å². The normalized spacial score (nSPS) is 25.0. The fraction of sp³-hybridized carbons (Fsp3) is 0.500. The molecule has 4 N–H and O–H groups in total. The van der Waals surface area contributed by atoms with Crippen molar-refractivity contribution in [1.29, 1.82) is 5.26 Å². The minimum atomic E-state index is -1.51. The van der Waals surface area contributed by atoms with E-state index in [-0.39, 0.29) is 36.9 Å². The lowest BCUT2D eigenvalue weighted by Crippen LogP contribution is -2.60. The monoisotopic (exact) mass is 451 g/mol. The summed E-state index contributed by atoms with van der Waals surface area (Å²) in [5.74, 6) is -1.94. The van der Waals surface area contributed by atoms with Gasteiger partial charge in [0.25, 0.3) is 5.91 Å². The number of ether oxygens (including phenoxy) is 1. The quantitative estimate of drug-likeness (QED) is 0.615. The second-order valence-electron chi connectivity index (χ2n) is 9.82. The van der Waals surface area contributed by atoms with E-state index in [0.717, 1.165) is 10.9 Å². The Kier molecular flexibility index (Phi) is 5.56. The number of carbonyl (C=O) groups is 3. The highest BCUT2D eigenvalue weighted by atomic mass is 16.5. The second kappa shape index (κ2) is 8.10. The molecule has 0 radical (unpaired) electrons. The van der Waals surface area contributed by atoms with Gasteiger partial charge in [-0.05, 0) is 42.9 Å². The van der Waals surface area contributed by atoms with E-state index < -0.39 is 28.7 Å². The standard InChI is InChI=1S/C24H29N5O4/c1-23(2)12-24(22(26)32,15(11-25)9-14-7-8-27-20(14)30)29(13-23)21(31)18-10-16-17(28-18)5-4-6-19(16)33-3/h4-6,10,14-15,28H,7-9,12-13H2,1-3H3,(H2,26,32)(H,27,30)/t14-,15-,24?/m1/s1. The molecule has 174 valence electrons. The number of hydrogen-bond acceptors (Lipinski definition) is 5. The number of likely N-dealkylation sites (tertiary alicyclic amines) is 1. The van der Waals surface area contributed by atoms with Crippen LogP contribution in [-0.2, 0) is 9.59 Å². The fourth-order valence-electron chi connectivity index (χ4n) is 5.48. The lowest BCUT2D eigenvalue weighted by molar-refractivity contribution is -0.131. The fourth-order valence-corrected chi connectivity index (χ4v) is 5.48. The number of aromatic nitrogens is 1. The highest BCUT2D eigenvalue weighted by molar-refractivity contribution is 6.03. The zero-order chi connectivity index (χ0) is 24.0. The number of benzene rings is 1. The number of nitrogens with one attached hydrogen (secondary N) is 2. The van der Waals surface area contributed by atoms with Crippen molar-refractivity contribution < 1.29 is 19.1 Å². The molecule has 0 bridgehead atoms. The highest BCUT2D eigenvalue weighted by Crippen LogP contribution is 2.48. The Balaban J connectivity index is 1.77. The van der Waals surface area contributed by atoms with Gasteiger partial charge in [0.1, 0.15) is 17.0 Å². The van der Waals surface area contributed by atoms with Crippen LogP contribution in [0, 0.1) is 28.6 Å². The van der Waals surface area contributed by atoms with E-state index in [2.05, 4.69) is 16.4 Å². The summed E-state index contributed by atoms with van der Waals surface area (Å²) < 4.78 is 5.40. The molecule has 0 spiro atoms. The van der Waals surface area contributed by atoms with Crippen LogP contribution < -0.4 is 15.8 Å². The molecular weight excluding hydrogens is 422 g/mol. The number of amides is 3. The van der Waals surface area contributed by atoms with Gasteiger partial charge in [0, 0.05) is 29.9 Å². The number of hydrogen-bond donors (Lipinski definition) is 3. The third-order valence-electron chi connectivity index (χ3n) is 6.98. The smallest absolute Gasteiger partial charge is 0.271 e. The van der Waals surface area contributed by atoms with Crippen molar-refractivity contribution in [2.75, 3.05) is 20.2 Å². The predicted octanol–water partition coefficient (Wildman–Crippen LogP) is 1.94. The molecule has 2 saturated heterocycles. The van der Waals surface area contributed by atoms with Crippen molar-refractivity contribution in [3.05, 3.63) is 30.0 Å². The molecule has 1 unspecified atom stereocenters. The van der Waals surface area contributed by atoms with E-state index in [1.54, 1.807) is 19.2 Å². The molecule has 9 heteroatoms. The first-order valence-corrected chi connectivity index (χ1v) is 11.1. The average molecular weight is 452 g/mol. The van der Waals surface area contributed by atoms with Crippen LogP contribution in [0.4, 0.5) is 0 Å². The van der Waals surface area contributed by atoms with Crippen LogP contribution in [0.15, 0.2) is 24.3 Å². The summed E-state index contributed by atoms with van der Waals surface area (Å²) >= 11 is 0. The number of rotatable bonds is 6. The molecule has 0 aliphatic carbocycles. The van der Waals surface area contributed by atoms with E-state index in [4.69, 9.17) is 10.5 Å². The summed E-state index contributed by atoms with van der Waals surface area (Å²) in [6.45, 7) is 4.69. The van der Waals surface area contributed by atoms with E-state index >= 15 is 0 Å². The van der Waals surface area contributed by atoms with Crippen LogP contribution in [0.3, 0.4) is 0 Å². The summed E-state index contributed by atoms with van der Waals surface area (Å²) in [7, 11) is 1.56. The van der Waals surface area contributed by atoms with Gasteiger partial charge in [-0.25, -0.2) is 0 Å². The topological polar surface area (TPSA) is 141 Å². The molecule has 3 amide bonds. The van der Waals surface area contributed by atoms with E-state index in [1.807, 2.05) is 26.0 Å². The Labute approximate surface area is 192 Å². The molecule has 9 nitrogen and oxygen atoms in total. The van der Waals surface area contributed by atoms with Gasteiger partial charge >= 0.3 is 0 Å². The Bertz CT molecular complexity index is 1160. The van der Waals surface area contributed by atoms with Gasteiger partial charge in [0.2, 0.25) is 11.8 Å². The van der Waals surface area contributed by atoms with Crippen LogP contribution >= 0.6 is 0 Å². The number of nitrogens with two attached hydrogens (primary N) is 1. The Morgan fingerprint density at radius 2 is 2.15 bits per heavy atom. The van der Waals surface area contributed by atoms with Gasteiger partial charge < -0.3 is 25.7 Å². The third kappa shape index (κ3) is 3.69. The summed E-state index contributed by atoms with van der Waals surface area (Å²) in [4.78, 5) is 43.6. The number of aromatic amines is 1.